The Morgan fingerprint density at radius 2 is 2.00 bits per heavy atom. The molecular formula is H3AuCl2NO. The molecule has 0 saturated heterocycles. The van der Waals surface area contributed by atoms with Crippen LogP contribution in [0.3, 0.4) is 0 Å². The van der Waals surface area contributed by atoms with Crippen molar-refractivity contribution in [3.05, 3.63) is 0 Å². The molecular weight excluding hydrogens is 298 g/mol. The predicted molar refractivity (Wildman–Crippen MR) is 18.0 cm³/mol. The van der Waals surface area contributed by atoms with Gasteiger partial charge in [-0.15, -0.1) is 12.4 Å². The van der Waals surface area contributed by atoms with Crippen molar-refractivity contribution in [1.82, 2.24) is 3.88 Å². The SMILES string of the molecule is Cl.O[NH][Au][Cl]. The predicted octanol–water partition coefficient (Wildman–Crippen LogP) is 0.538. The Labute approximate surface area is 49.7 Å². The number of halogens is 2. The molecule has 0 aliphatic heterocycles. The van der Waals surface area contributed by atoms with E-state index in [4.69, 9.17) is 14.4 Å². The normalized spacial score (nSPS) is 6.80. The Hall–Kier alpha value is 1.24. The molecule has 0 aliphatic carbocycles. The van der Waals surface area contributed by atoms with Crippen molar-refractivity contribution in [3.8, 4) is 0 Å². The molecule has 0 heterocycles. The standard InChI is InChI=1S/Au.2ClH.H2NO/c;;;1-2/h;2*1H;1-2H/q+2;;;-1/p-1. The van der Waals surface area contributed by atoms with Crippen molar-refractivity contribution in [2.45, 2.75) is 0 Å². The maximum absolute atomic E-state index is 7.54. The van der Waals surface area contributed by atoms with Gasteiger partial charge in [0, 0.05) is 0 Å². The van der Waals surface area contributed by atoms with Gasteiger partial charge in [-0.25, -0.2) is 0 Å². The zero-order valence-corrected chi connectivity index (χ0v) is 5.77. The Kier molecular flexibility index (Phi) is 17.1. The van der Waals surface area contributed by atoms with E-state index in [-0.39, 0.29) is 12.4 Å². The van der Waals surface area contributed by atoms with E-state index < -0.39 is 18.9 Å². The molecule has 0 unspecified atom stereocenters. The summed E-state index contributed by atoms with van der Waals surface area (Å²) in [5.41, 5.74) is 0. The van der Waals surface area contributed by atoms with Crippen molar-refractivity contribution in [1.29, 1.82) is 0 Å². The second-order valence-corrected chi connectivity index (χ2v) is 1.95. The van der Waals surface area contributed by atoms with Crippen LogP contribution in [0.1, 0.15) is 0 Å². The molecule has 2 nitrogen and oxygen atoms in total. The summed E-state index contributed by atoms with van der Waals surface area (Å²) in [5.74, 6) is 0. The summed E-state index contributed by atoms with van der Waals surface area (Å²) in [6.45, 7) is 0. The molecule has 0 aromatic rings. The quantitative estimate of drug-likeness (QED) is 0.547. The maximum atomic E-state index is 7.54. The average molecular weight is 301 g/mol. The van der Waals surface area contributed by atoms with Gasteiger partial charge in [0.2, 0.25) is 0 Å². The summed E-state index contributed by atoms with van der Waals surface area (Å²) >= 11 is -0.529. The minimum atomic E-state index is -0.529. The van der Waals surface area contributed by atoms with Crippen LogP contribution >= 0.6 is 21.6 Å². The average Bonchev–Trinajstić information content (AvgIpc) is 1.37. The molecule has 0 spiro atoms. The van der Waals surface area contributed by atoms with Crippen LogP contribution in [-0.2, 0) is 18.9 Å². The molecule has 0 rings (SSSR count). The first-order chi connectivity index (χ1) is 1.91. The minimum absolute atomic E-state index is 0. The summed E-state index contributed by atoms with van der Waals surface area (Å²) in [5, 5.41) is 7.54. The van der Waals surface area contributed by atoms with E-state index in [0.717, 1.165) is 0 Å². The number of nitrogens with one attached hydrogen (secondary N) is 1. The summed E-state index contributed by atoms with van der Waals surface area (Å²) < 4.78 is 1.79. The van der Waals surface area contributed by atoms with E-state index >= 15 is 0 Å². The van der Waals surface area contributed by atoms with Gasteiger partial charge < -0.3 is 0 Å². The van der Waals surface area contributed by atoms with E-state index in [9.17, 15) is 0 Å². The third-order valence-corrected chi connectivity index (χ3v) is 0.626. The van der Waals surface area contributed by atoms with Crippen LogP contribution in [0.4, 0.5) is 0 Å². The van der Waals surface area contributed by atoms with Crippen molar-refractivity contribution in [3.63, 3.8) is 0 Å². The van der Waals surface area contributed by atoms with Crippen molar-refractivity contribution < 1.29 is 24.1 Å². The molecule has 0 fully saturated rings. The van der Waals surface area contributed by atoms with E-state index in [1.54, 1.807) is 3.88 Å². The number of rotatable bonds is 1. The van der Waals surface area contributed by atoms with Crippen molar-refractivity contribution >= 4 is 21.6 Å². The second kappa shape index (κ2) is 8.97. The van der Waals surface area contributed by atoms with E-state index in [2.05, 4.69) is 0 Å². The zero-order valence-electron chi connectivity index (χ0n) is 2.03. The third kappa shape index (κ3) is 11.0. The molecule has 0 amide bonds. The molecule has 0 radical (unpaired) electrons. The molecule has 2 N–H and O–H groups in total. The number of hydrogen-bond acceptors (Lipinski definition) is 2. The molecule has 0 aliphatic rings. The van der Waals surface area contributed by atoms with Crippen LogP contribution in [0.25, 0.3) is 0 Å². The summed E-state index contributed by atoms with van der Waals surface area (Å²) in [4.78, 5) is 0. The van der Waals surface area contributed by atoms with Gasteiger partial charge in [-0.2, -0.15) is 0 Å². The molecule has 0 aromatic carbocycles. The van der Waals surface area contributed by atoms with Gasteiger partial charge in [0.25, 0.3) is 0 Å². The Morgan fingerprint density at radius 1 is 1.80 bits per heavy atom. The Bertz CT molecular complexity index is 11.6. The molecule has 5 heavy (non-hydrogen) atoms. The van der Waals surface area contributed by atoms with Crippen LogP contribution in [0.2, 0.25) is 0 Å². The molecule has 0 aromatic heterocycles. The van der Waals surface area contributed by atoms with Gasteiger partial charge in [-0.05, 0) is 0 Å². The fourth-order valence-electron chi connectivity index (χ4n) is 0. The Morgan fingerprint density at radius 3 is 2.00 bits per heavy atom. The molecule has 0 bridgehead atoms. The van der Waals surface area contributed by atoms with Gasteiger partial charge in [0.15, 0.2) is 0 Å². The number of hydrogen-bond donors (Lipinski definition) is 2. The van der Waals surface area contributed by atoms with Gasteiger partial charge in [-0.1, -0.05) is 0 Å². The van der Waals surface area contributed by atoms with E-state index in [1.807, 2.05) is 0 Å². The van der Waals surface area contributed by atoms with Gasteiger partial charge in [0.05, 0.1) is 0 Å². The summed E-state index contributed by atoms with van der Waals surface area (Å²) in [7, 11) is 4.92. The molecule has 5 heteroatoms. The second-order valence-electron chi connectivity index (χ2n) is 0.124. The van der Waals surface area contributed by atoms with Crippen LogP contribution in [0, 0.1) is 0 Å². The zero-order chi connectivity index (χ0) is 3.41. The fourth-order valence-corrected chi connectivity index (χ4v) is 0. The van der Waals surface area contributed by atoms with Gasteiger partial charge >= 0.3 is 37.2 Å². The first kappa shape index (κ1) is 9.53. The van der Waals surface area contributed by atoms with Crippen LogP contribution in [0.5, 0.6) is 0 Å². The van der Waals surface area contributed by atoms with E-state index in [1.165, 1.54) is 0 Å². The topological polar surface area (TPSA) is 32.3 Å². The molecule has 39 valence electrons. The molecule has 0 saturated carbocycles. The van der Waals surface area contributed by atoms with Gasteiger partial charge in [-0.3, -0.25) is 0 Å². The third-order valence-electron chi connectivity index (χ3n) is 0.0255. The van der Waals surface area contributed by atoms with Crippen molar-refractivity contribution in [2.75, 3.05) is 0 Å². The fraction of sp³-hybridized carbons (Fsp3) is 0. The van der Waals surface area contributed by atoms with Crippen molar-refractivity contribution in [2.24, 2.45) is 0 Å². The van der Waals surface area contributed by atoms with Crippen LogP contribution in [-0.4, -0.2) is 5.21 Å². The van der Waals surface area contributed by atoms with Gasteiger partial charge in [0.1, 0.15) is 0 Å². The monoisotopic (exact) mass is 300 g/mol. The van der Waals surface area contributed by atoms with Crippen LogP contribution < -0.4 is 3.88 Å². The molecule has 0 atom stereocenters. The summed E-state index contributed by atoms with van der Waals surface area (Å²) in [6.07, 6.45) is 0. The van der Waals surface area contributed by atoms with E-state index in [0.29, 0.717) is 0 Å². The van der Waals surface area contributed by atoms with Crippen LogP contribution in [0.15, 0.2) is 0 Å². The Balaban J connectivity index is 0. The summed E-state index contributed by atoms with van der Waals surface area (Å²) in [6, 6.07) is 0. The first-order valence-electron chi connectivity index (χ1n) is 0.488. The first-order valence-corrected chi connectivity index (χ1v) is 4.26.